The first kappa shape index (κ1) is 16.3. The number of furan rings is 1. The van der Waals surface area contributed by atoms with Crippen LogP contribution < -0.4 is 5.32 Å². The van der Waals surface area contributed by atoms with Crippen LogP contribution >= 0.6 is 0 Å². The summed E-state index contributed by atoms with van der Waals surface area (Å²) in [6.45, 7) is 2.68. The summed E-state index contributed by atoms with van der Waals surface area (Å²) in [4.78, 5) is 30.1. The number of carbonyl (C=O) groups is 2. The Kier molecular flexibility index (Phi) is 5.30. The van der Waals surface area contributed by atoms with Crippen molar-refractivity contribution in [3.63, 3.8) is 0 Å². The van der Waals surface area contributed by atoms with Crippen LogP contribution in [0, 0.1) is 5.92 Å². The second-order valence-corrected chi connectivity index (χ2v) is 5.99. The van der Waals surface area contributed by atoms with Gasteiger partial charge in [0.25, 0.3) is 5.91 Å². The number of imidazole rings is 1. The lowest BCUT2D eigenvalue weighted by molar-refractivity contribution is -0.126. The van der Waals surface area contributed by atoms with Gasteiger partial charge in [-0.3, -0.25) is 9.59 Å². The number of carbonyl (C=O) groups excluding carboxylic acids is 2. The molecule has 2 aromatic heterocycles. The van der Waals surface area contributed by atoms with E-state index in [0.29, 0.717) is 38.2 Å². The van der Waals surface area contributed by atoms with E-state index in [1.807, 2.05) is 10.8 Å². The molecule has 1 fully saturated rings. The van der Waals surface area contributed by atoms with Crippen molar-refractivity contribution < 1.29 is 14.0 Å². The quantitative estimate of drug-likeness (QED) is 0.815. The molecule has 1 saturated heterocycles. The van der Waals surface area contributed by atoms with Gasteiger partial charge in [-0.25, -0.2) is 4.98 Å². The molecule has 1 aliphatic heterocycles. The fraction of sp³-hybridized carbons (Fsp3) is 0.471. The highest BCUT2D eigenvalue weighted by atomic mass is 16.3. The van der Waals surface area contributed by atoms with E-state index < -0.39 is 0 Å². The van der Waals surface area contributed by atoms with Crippen molar-refractivity contribution >= 4 is 11.8 Å². The third kappa shape index (κ3) is 4.04. The Bertz CT molecular complexity index is 643. The Morgan fingerprint density at radius 2 is 2.17 bits per heavy atom. The summed E-state index contributed by atoms with van der Waals surface area (Å²) < 4.78 is 7.13. The zero-order valence-electron chi connectivity index (χ0n) is 13.6. The van der Waals surface area contributed by atoms with E-state index in [-0.39, 0.29) is 17.7 Å². The minimum absolute atomic E-state index is 0.0149. The van der Waals surface area contributed by atoms with Gasteiger partial charge >= 0.3 is 0 Å². The van der Waals surface area contributed by atoms with Crippen LogP contribution in [0.15, 0.2) is 41.5 Å². The third-order valence-corrected chi connectivity index (χ3v) is 4.34. The summed E-state index contributed by atoms with van der Waals surface area (Å²) in [5.74, 6) is 0.334. The minimum Gasteiger partial charge on any atom is -0.459 e. The van der Waals surface area contributed by atoms with Crippen LogP contribution in [0.1, 0.15) is 29.8 Å². The fourth-order valence-corrected chi connectivity index (χ4v) is 2.94. The molecule has 7 nitrogen and oxygen atoms in total. The number of nitrogens with zero attached hydrogens (tertiary/aromatic N) is 3. The summed E-state index contributed by atoms with van der Waals surface area (Å²) in [6, 6.07) is 3.37. The van der Waals surface area contributed by atoms with E-state index in [1.165, 1.54) is 6.26 Å². The number of nitrogens with one attached hydrogen (secondary N) is 1. The van der Waals surface area contributed by atoms with Crippen molar-refractivity contribution in [2.75, 3.05) is 19.6 Å². The normalized spacial score (nSPS) is 15.4. The lowest BCUT2D eigenvalue weighted by Crippen LogP contribution is -2.43. The molecule has 1 aliphatic rings. The lowest BCUT2D eigenvalue weighted by Gasteiger charge is -2.30. The molecule has 0 aromatic carbocycles. The molecule has 0 aliphatic carbocycles. The highest BCUT2D eigenvalue weighted by Gasteiger charge is 2.28. The third-order valence-electron chi connectivity index (χ3n) is 4.34. The van der Waals surface area contributed by atoms with Crippen molar-refractivity contribution in [1.29, 1.82) is 0 Å². The van der Waals surface area contributed by atoms with Crippen LogP contribution in [0.25, 0.3) is 0 Å². The number of piperidine rings is 1. The Balaban J connectivity index is 1.36. The maximum Gasteiger partial charge on any atom is 0.289 e. The number of hydrogen-bond donors (Lipinski definition) is 1. The summed E-state index contributed by atoms with van der Waals surface area (Å²) in [7, 11) is 0. The Morgan fingerprint density at radius 3 is 2.83 bits per heavy atom. The summed E-state index contributed by atoms with van der Waals surface area (Å²) in [6.07, 6.45) is 9.19. The number of aryl methyl sites for hydroxylation is 1. The molecule has 7 heteroatoms. The molecule has 2 aromatic rings. The van der Waals surface area contributed by atoms with E-state index in [1.54, 1.807) is 29.6 Å². The van der Waals surface area contributed by atoms with E-state index in [0.717, 1.165) is 13.0 Å². The van der Waals surface area contributed by atoms with Gasteiger partial charge in [-0.15, -0.1) is 0 Å². The van der Waals surface area contributed by atoms with Crippen LogP contribution in [-0.2, 0) is 11.3 Å². The van der Waals surface area contributed by atoms with Crippen LogP contribution in [0.4, 0.5) is 0 Å². The summed E-state index contributed by atoms with van der Waals surface area (Å²) >= 11 is 0. The van der Waals surface area contributed by atoms with E-state index >= 15 is 0 Å². The van der Waals surface area contributed by atoms with Crippen molar-refractivity contribution in [3.05, 3.63) is 42.9 Å². The summed E-state index contributed by atoms with van der Waals surface area (Å²) in [5.41, 5.74) is 0. The van der Waals surface area contributed by atoms with Gasteiger partial charge in [0.15, 0.2) is 5.76 Å². The maximum atomic E-state index is 12.2. The lowest BCUT2D eigenvalue weighted by atomic mass is 9.95. The second kappa shape index (κ2) is 7.81. The molecule has 24 heavy (non-hydrogen) atoms. The first-order chi connectivity index (χ1) is 11.7. The molecule has 2 amide bonds. The molecule has 0 spiro atoms. The first-order valence-electron chi connectivity index (χ1n) is 8.30. The topological polar surface area (TPSA) is 80.4 Å². The number of amides is 2. The zero-order valence-corrected chi connectivity index (χ0v) is 13.6. The maximum absolute atomic E-state index is 12.2. The second-order valence-electron chi connectivity index (χ2n) is 5.99. The summed E-state index contributed by atoms with van der Waals surface area (Å²) in [5, 5.41) is 2.99. The molecule has 0 radical (unpaired) electrons. The molecule has 0 atom stereocenters. The molecule has 128 valence electrons. The van der Waals surface area contributed by atoms with Crippen molar-refractivity contribution in [3.8, 4) is 0 Å². The van der Waals surface area contributed by atoms with Gasteiger partial charge in [-0.05, 0) is 31.4 Å². The molecular weight excluding hydrogens is 308 g/mol. The molecule has 0 bridgehead atoms. The monoisotopic (exact) mass is 330 g/mol. The Hall–Kier alpha value is -2.57. The van der Waals surface area contributed by atoms with E-state index in [2.05, 4.69) is 10.3 Å². The minimum atomic E-state index is -0.0980. The number of aromatic nitrogens is 2. The SMILES string of the molecule is O=C(NCCCn1ccnc1)C1CCN(C(=O)c2ccco2)CC1. The number of rotatable bonds is 6. The molecular formula is C17H22N4O3. The molecule has 0 saturated carbocycles. The smallest absolute Gasteiger partial charge is 0.289 e. The van der Waals surface area contributed by atoms with Crippen molar-refractivity contribution in [1.82, 2.24) is 19.8 Å². The zero-order chi connectivity index (χ0) is 16.8. The van der Waals surface area contributed by atoms with E-state index in [9.17, 15) is 9.59 Å². The largest absolute Gasteiger partial charge is 0.459 e. The fourth-order valence-electron chi connectivity index (χ4n) is 2.94. The van der Waals surface area contributed by atoms with Gasteiger partial charge in [0.1, 0.15) is 0 Å². The molecule has 0 unspecified atom stereocenters. The average Bonchev–Trinajstić information content (AvgIpc) is 3.31. The van der Waals surface area contributed by atoms with Gasteiger partial charge in [0.2, 0.25) is 5.91 Å². The molecule has 1 N–H and O–H groups in total. The number of hydrogen-bond acceptors (Lipinski definition) is 4. The standard InChI is InChI=1S/C17H22N4O3/c22-16(19-6-2-8-20-11-7-18-13-20)14-4-9-21(10-5-14)17(23)15-3-1-12-24-15/h1,3,7,11-14H,2,4-6,8-10H2,(H,19,22). The predicted molar refractivity (Wildman–Crippen MR) is 87.2 cm³/mol. The highest BCUT2D eigenvalue weighted by molar-refractivity contribution is 5.91. The number of likely N-dealkylation sites (tertiary alicyclic amines) is 1. The van der Waals surface area contributed by atoms with E-state index in [4.69, 9.17) is 4.42 Å². The Morgan fingerprint density at radius 1 is 1.33 bits per heavy atom. The average molecular weight is 330 g/mol. The van der Waals surface area contributed by atoms with Gasteiger partial charge < -0.3 is 19.2 Å². The Labute approximate surface area is 140 Å². The van der Waals surface area contributed by atoms with Crippen LogP contribution in [0.2, 0.25) is 0 Å². The predicted octanol–water partition coefficient (Wildman–Crippen LogP) is 1.53. The highest BCUT2D eigenvalue weighted by Crippen LogP contribution is 2.19. The van der Waals surface area contributed by atoms with Crippen LogP contribution in [0.3, 0.4) is 0 Å². The van der Waals surface area contributed by atoms with Crippen molar-refractivity contribution in [2.24, 2.45) is 5.92 Å². The van der Waals surface area contributed by atoms with Gasteiger partial charge in [0, 0.05) is 44.5 Å². The van der Waals surface area contributed by atoms with Crippen LogP contribution in [0.5, 0.6) is 0 Å². The van der Waals surface area contributed by atoms with Crippen LogP contribution in [-0.4, -0.2) is 45.9 Å². The van der Waals surface area contributed by atoms with Gasteiger partial charge in [0.05, 0.1) is 12.6 Å². The first-order valence-corrected chi connectivity index (χ1v) is 8.30. The van der Waals surface area contributed by atoms with Gasteiger partial charge in [-0.2, -0.15) is 0 Å². The molecule has 3 heterocycles. The molecule has 3 rings (SSSR count). The van der Waals surface area contributed by atoms with Gasteiger partial charge in [-0.1, -0.05) is 0 Å². The van der Waals surface area contributed by atoms with Crippen molar-refractivity contribution in [2.45, 2.75) is 25.8 Å².